The number of nitrogens with zero attached hydrogens (tertiary/aromatic N) is 3. The van der Waals surface area contributed by atoms with Gasteiger partial charge in [0.2, 0.25) is 5.91 Å². The van der Waals surface area contributed by atoms with Crippen molar-refractivity contribution >= 4 is 35.8 Å². The molecule has 2 saturated carbocycles. The van der Waals surface area contributed by atoms with E-state index in [1.807, 2.05) is 4.90 Å². The summed E-state index contributed by atoms with van der Waals surface area (Å²) in [5.41, 5.74) is 3.89. The van der Waals surface area contributed by atoms with Crippen LogP contribution in [0.3, 0.4) is 0 Å². The Bertz CT molecular complexity index is 963. The molecule has 44 heavy (non-hydrogen) atoms. The Balaban J connectivity index is 2.70. The highest BCUT2D eigenvalue weighted by atomic mass is 16.4. The van der Waals surface area contributed by atoms with Gasteiger partial charge in [-0.25, -0.2) is 0 Å². The summed E-state index contributed by atoms with van der Waals surface area (Å²) in [5.74, 6) is -8.16. The fourth-order valence-electron chi connectivity index (χ4n) is 7.22. The van der Waals surface area contributed by atoms with Crippen molar-refractivity contribution in [2.75, 3.05) is 39.3 Å². The molecule has 0 bridgehead atoms. The Morgan fingerprint density at radius 1 is 0.636 bits per heavy atom. The van der Waals surface area contributed by atoms with Crippen LogP contribution in [0.25, 0.3) is 0 Å². The number of carbonyl (C=O) groups excluding carboxylic acids is 1. The van der Waals surface area contributed by atoms with E-state index in [0.29, 0.717) is 25.7 Å². The van der Waals surface area contributed by atoms with Crippen LogP contribution in [-0.4, -0.2) is 133 Å². The zero-order chi connectivity index (χ0) is 32.9. The number of carboxylic acid groups (broad SMARTS) is 5. The predicted octanol–water partition coefficient (Wildman–Crippen LogP) is 0.991. The Morgan fingerprint density at radius 3 is 1.36 bits per heavy atom. The number of carbonyl (C=O) groups is 6. The van der Waals surface area contributed by atoms with Crippen LogP contribution in [-0.2, 0) is 28.8 Å². The average Bonchev–Trinajstić information content (AvgIpc) is 2.92. The van der Waals surface area contributed by atoms with Crippen LogP contribution < -0.4 is 5.73 Å². The third kappa shape index (κ3) is 11.3. The van der Waals surface area contributed by atoms with Crippen LogP contribution in [0.1, 0.15) is 83.5 Å². The molecule has 15 heteroatoms. The first-order chi connectivity index (χ1) is 20.8. The SMILES string of the molecule is NC(=O)CC(CCN(CC(=O)O)CC(=O)O)[C@@](CCN(CC(=O)O)CC(=O)O)(C(=O)O)N(C1CCCCC1)C1CCCCC1. The van der Waals surface area contributed by atoms with Gasteiger partial charge in [-0.2, -0.15) is 0 Å². The maximum Gasteiger partial charge on any atom is 0.324 e. The van der Waals surface area contributed by atoms with Gasteiger partial charge in [0.05, 0.1) is 26.2 Å². The van der Waals surface area contributed by atoms with E-state index >= 15 is 0 Å². The second-order valence-electron chi connectivity index (χ2n) is 12.1. The van der Waals surface area contributed by atoms with Gasteiger partial charge in [0.1, 0.15) is 5.54 Å². The van der Waals surface area contributed by atoms with Crippen molar-refractivity contribution in [3.63, 3.8) is 0 Å². The van der Waals surface area contributed by atoms with Crippen molar-refractivity contribution in [3.8, 4) is 0 Å². The monoisotopic (exact) mass is 628 g/mol. The van der Waals surface area contributed by atoms with Crippen molar-refractivity contribution < 1.29 is 54.3 Å². The molecule has 2 atom stereocenters. The number of amides is 1. The van der Waals surface area contributed by atoms with Gasteiger partial charge < -0.3 is 31.3 Å². The molecular formula is C29H48N4O11. The number of primary amides is 1. The van der Waals surface area contributed by atoms with E-state index in [2.05, 4.69) is 0 Å². The molecule has 15 nitrogen and oxygen atoms in total. The summed E-state index contributed by atoms with van der Waals surface area (Å²) in [4.78, 5) is 76.8. The molecule has 0 aliphatic heterocycles. The van der Waals surface area contributed by atoms with Gasteiger partial charge in [-0.15, -0.1) is 0 Å². The minimum Gasteiger partial charge on any atom is -0.480 e. The molecule has 2 aliphatic rings. The first kappa shape index (κ1) is 36.9. The van der Waals surface area contributed by atoms with Gasteiger partial charge in [-0.1, -0.05) is 38.5 Å². The van der Waals surface area contributed by atoms with Crippen molar-refractivity contribution in [1.29, 1.82) is 0 Å². The molecule has 0 aromatic rings. The van der Waals surface area contributed by atoms with E-state index in [9.17, 15) is 54.3 Å². The third-order valence-corrected chi connectivity index (χ3v) is 8.93. The summed E-state index contributed by atoms with van der Waals surface area (Å²) in [6, 6.07) is -0.334. The fraction of sp³-hybridized carbons (Fsp3) is 0.793. The molecule has 0 radical (unpaired) electrons. The van der Waals surface area contributed by atoms with Crippen LogP contribution in [0, 0.1) is 5.92 Å². The van der Waals surface area contributed by atoms with Crippen molar-refractivity contribution in [3.05, 3.63) is 0 Å². The maximum absolute atomic E-state index is 13.8. The zero-order valence-corrected chi connectivity index (χ0v) is 25.3. The quantitative estimate of drug-likeness (QED) is 0.104. The molecule has 0 aromatic heterocycles. The number of hydrogen-bond acceptors (Lipinski definition) is 9. The lowest BCUT2D eigenvalue weighted by molar-refractivity contribution is -0.168. The summed E-state index contributed by atoms with van der Waals surface area (Å²) in [7, 11) is 0. The molecule has 0 aromatic carbocycles. The smallest absolute Gasteiger partial charge is 0.324 e. The number of hydrogen-bond donors (Lipinski definition) is 6. The number of aliphatic carboxylic acids is 5. The highest BCUT2D eigenvalue weighted by Gasteiger charge is 2.55. The minimum absolute atomic E-state index is 0.0798. The largest absolute Gasteiger partial charge is 0.480 e. The van der Waals surface area contributed by atoms with Gasteiger partial charge in [0.15, 0.2) is 0 Å². The molecule has 0 heterocycles. The Kier molecular flexibility index (Phi) is 15.0. The van der Waals surface area contributed by atoms with Crippen molar-refractivity contribution in [1.82, 2.24) is 14.7 Å². The number of nitrogens with two attached hydrogens (primary N) is 1. The highest BCUT2D eigenvalue weighted by Crippen LogP contribution is 2.43. The second kappa shape index (κ2) is 17.9. The van der Waals surface area contributed by atoms with E-state index in [1.165, 1.54) is 0 Å². The van der Waals surface area contributed by atoms with Crippen LogP contribution in [0.4, 0.5) is 0 Å². The average molecular weight is 629 g/mol. The van der Waals surface area contributed by atoms with Gasteiger partial charge in [0, 0.05) is 25.0 Å². The van der Waals surface area contributed by atoms with E-state index in [0.717, 1.165) is 48.3 Å². The van der Waals surface area contributed by atoms with E-state index in [4.69, 9.17) is 5.73 Å². The molecular weight excluding hydrogens is 580 g/mol. The summed E-state index contributed by atoms with van der Waals surface area (Å²) in [6.45, 7) is -2.88. The molecule has 2 fully saturated rings. The fourth-order valence-corrected chi connectivity index (χ4v) is 7.22. The van der Waals surface area contributed by atoms with Gasteiger partial charge in [-0.05, 0) is 51.0 Å². The number of carboxylic acids is 5. The standard InChI is InChI=1S/C29H48N4O11/c30-23(34)15-20(11-13-31(16-24(35)36)17-25(37)38)29(28(43)44,12-14-32(18-26(39)40)19-27(41)42)33(21-7-3-1-4-8-21)22-9-5-2-6-10-22/h20-22H,1-19H2,(H2,30,34)(H,35,36)(H,37,38)(H,39,40)(H,41,42)(H,43,44)/t20?,29-/m0/s1. The van der Waals surface area contributed by atoms with Gasteiger partial charge in [0.25, 0.3) is 0 Å². The van der Waals surface area contributed by atoms with Crippen molar-refractivity contribution in [2.24, 2.45) is 11.7 Å². The van der Waals surface area contributed by atoms with Crippen LogP contribution in [0.5, 0.6) is 0 Å². The summed E-state index contributed by atoms with van der Waals surface area (Å²) in [6.07, 6.45) is 7.65. The first-order valence-electron chi connectivity index (χ1n) is 15.4. The number of rotatable bonds is 21. The molecule has 0 spiro atoms. The van der Waals surface area contributed by atoms with E-state index in [-0.39, 0.29) is 38.0 Å². The topological polar surface area (TPSA) is 239 Å². The molecule has 2 rings (SSSR count). The summed E-state index contributed by atoms with van der Waals surface area (Å²) >= 11 is 0. The Morgan fingerprint density at radius 2 is 1.02 bits per heavy atom. The Labute approximate surface area is 257 Å². The lowest BCUT2D eigenvalue weighted by Gasteiger charge is -2.54. The normalized spacial score (nSPS) is 18.6. The molecule has 1 amide bonds. The second-order valence-corrected chi connectivity index (χ2v) is 12.1. The van der Waals surface area contributed by atoms with Gasteiger partial charge >= 0.3 is 29.8 Å². The van der Waals surface area contributed by atoms with Crippen LogP contribution in [0.15, 0.2) is 0 Å². The van der Waals surface area contributed by atoms with Crippen LogP contribution >= 0.6 is 0 Å². The minimum atomic E-state index is -1.80. The lowest BCUT2D eigenvalue weighted by atomic mass is 9.71. The molecule has 1 unspecified atom stereocenters. The summed E-state index contributed by atoms with van der Waals surface area (Å²) in [5, 5.41) is 48.8. The summed E-state index contributed by atoms with van der Waals surface area (Å²) < 4.78 is 0. The van der Waals surface area contributed by atoms with E-state index in [1.54, 1.807) is 0 Å². The van der Waals surface area contributed by atoms with Gasteiger partial charge in [-0.3, -0.25) is 43.5 Å². The third-order valence-electron chi connectivity index (χ3n) is 8.93. The first-order valence-corrected chi connectivity index (χ1v) is 15.4. The van der Waals surface area contributed by atoms with Crippen molar-refractivity contribution in [2.45, 2.75) is 101 Å². The molecule has 7 N–H and O–H groups in total. The van der Waals surface area contributed by atoms with Crippen LogP contribution in [0.2, 0.25) is 0 Å². The highest BCUT2D eigenvalue weighted by molar-refractivity contribution is 5.82. The van der Waals surface area contributed by atoms with E-state index < -0.39 is 79.8 Å². The lowest BCUT2D eigenvalue weighted by Crippen LogP contribution is -2.67. The molecule has 2 aliphatic carbocycles. The zero-order valence-electron chi connectivity index (χ0n) is 25.3. The molecule has 0 saturated heterocycles. The molecule has 250 valence electrons. The predicted molar refractivity (Wildman–Crippen MR) is 156 cm³/mol. The Hall–Kier alpha value is -3.30. The maximum atomic E-state index is 13.8.